The summed E-state index contributed by atoms with van der Waals surface area (Å²) in [5, 5.41) is 4.03. The highest BCUT2D eigenvalue weighted by Gasteiger charge is 2.25. The van der Waals surface area contributed by atoms with Crippen LogP contribution in [0.2, 0.25) is 0 Å². The number of aryl methyl sites for hydroxylation is 3. The molecule has 3 aromatic heterocycles. The van der Waals surface area contributed by atoms with Gasteiger partial charge in [-0.3, -0.25) is 14.3 Å². The SMILES string of the molecule is O=c1c2c3c(sc2ncn1CCCc1ccncc1)CC(NCc1c(F)cccc1F)CC3. The summed E-state index contributed by atoms with van der Waals surface area (Å²) in [6.07, 6.45) is 9.23. The summed E-state index contributed by atoms with van der Waals surface area (Å²) in [5.74, 6) is -1.07. The number of hydrogen-bond donors (Lipinski definition) is 1. The van der Waals surface area contributed by atoms with Crippen LogP contribution >= 0.6 is 11.3 Å². The summed E-state index contributed by atoms with van der Waals surface area (Å²) >= 11 is 1.56. The van der Waals surface area contributed by atoms with Gasteiger partial charge in [-0.2, -0.15) is 0 Å². The molecule has 5 rings (SSSR count). The Balaban J connectivity index is 1.29. The van der Waals surface area contributed by atoms with Crippen molar-refractivity contribution in [1.29, 1.82) is 0 Å². The zero-order valence-corrected chi connectivity index (χ0v) is 18.9. The predicted molar refractivity (Wildman–Crippen MR) is 125 cm³/mol. The molecule has 0 fully saturated rings. The molecule has 4 aromatic rings. The van der Waals surface area contributed by atoms with E-state index in [4.69, 9.17) is 0 Å². The predicted octanol–water partition coefficient (Wildman–Crippen LogP) is 4.41. The lowest BCUT2D eigenvalue weighted by atomic mass is 9.93. The van der Waals surface area contributed by atoms with Crippen molar-refractivity contribution in [2.24, 2.45) is 0 Å². The smallest absolute Gasteiger partial charge is 0.262 e. The molecule has 0 saturated heterocycles. The van der Waals surface area contributed by atoms with Crippen molar-refractivity contribution in [2.45, 2.75) is 51.2 Å². The van der Waals surface area contributed by atoms with Crippen LogP contribution in [-0.2, 0) is 32.4 Å². The molecule has 33 heavy (non-hydrogen) atoms. The lowest BCUT2D eigenvalue weighted by molar-refractivity contribution is 0.445. The number of pyridine rings is 1. The maximum absolute atomic E-state index is 13.9. The first-order valence-corrected chi connectivity index (χ1v) is 12.0. The van der Waals surface area contributed by atoms with Crippen molar-refractivity contribution in [1.82, 2.24) is 19.9 Å². The number of halogens is 2. The Kier molecular flexibility index (Phi) is 6.28. The van der Waals surface area contributed by atoms with Crippen LogP contribution in [0.4, 0.5) is 8.78 Å². The van der Waals surface area contributed by atoms with Gasteiger partial charge in [0.05, 0.1) is 11.7 Å². The Bertz CT molecular complexity index is 1320. The summed E-state index contributed by atoms with van der Waals surface area (Å²) in [7, 11) is 0. The Morgan fingerprint density at radius 1 is 1.15 bits per heavy atom. The maximum Gasteiger partial charge on any atom is 0.262 e. The number of benzene rings is 1. The highest BCUT2D eigenvalue weighted by Crippen LogP contribution is 2.33. The topological polar surface area (TPSA) is 59.8 Å². The molecule has 3 heterocycles. The van der Waals surface area contributed by atoms with E-state index in [9.17, 15) is 13.6 Å². The van der Waals surface area contributed by atoms with Crippen molar-refractivity contribution in [3.8, 4) is 0 Å². The molecule has 1 aromatic carbocycles. The summed E-state index contributed by atoms with van der Waals surface area (Å²) in [4.78, 5) is 23.7. The molecule has 1 N–H and O–H groups in total. The number of aromatic nitrogens is 3. The molecule has 0 spiro atoms. The number of hydrogen-bond acceptors (Lipinski definition) is 5. The second-order valence-corrected chi connectivity index (χ2v) is 9.49. The zero-order valence-electron chi connectivity index (χ0n) is 18.1. The number of thiophene rings is 1. The van der Waals surface area contributed by atoms with Crippen LogP contribution in [0.25, 0.3) is 10.2 Å². The van der Waals surface area contributed by atoms with E-state index in [1.54, 1.807) is 34.6 Å². The number of nitrogens with one attached hydrogen (secondary N) is 1. The molecule has 0 radical (unpaired) electrons. The van der Waals surface area contributed by atoms with Gasteiger partial charge in [-0.25, -0.2) is 13.8 Å². The first-order chi connectivity index (χ1) is 16.1. The van der Waals surface area contributed by atoms with E-state index in [0.717, 1.165) is 52.8 Å². The summed E-state index contributed by atoms with van der Waals surface area (Å²) < 4.78 is 29.6. The van der Waals surface area contributed by atoms with Gasteiger partial charge in [0.2, 0.25) is 0 Å². The van der Waals surface area contributed by atoms with Crippen LogP contribution < -0.4 is 10.9 Å². The van der Waals surface area contributed by atoms with E-state index in [2.05, 4.69) is 15.3 Å². The molecule has 8 heteroatoms. The van der Waals surface area contributed by atoms with Gasteiger partial charge in [0.15, 0.2) is 0 Å². The van der Waals surface area contributed by atoms with Gasteiger partial charge < -0.3 is 5.32 Å². The van der Waals surface area contributed by atoms with E-state index in [1.165, 1.54) is 23.8 Å². The van der Waals surface area contributed by atoms with Crippen LogP contribution in [0.5, 0.6) is 0 Å². The Hall–Kier alpha value is -2.97. The normalized spacial score (nSPS) is 15.6. The zero-order chi connectivity index (χ0) is 22.8. The monoisotopic (exact) mass is 466 g/mol. The van der Waals surface area contributed by atoms with Gasteiger partial charge >= 0.3 is 0 Å². The Morgan fingerprint density at radius 2 is 1.94 bits per heavy atom. The summed E-state index contributed by atoms with van der Waals surface area (Å²) in [6, 6.07) is 8.01. The maximum atomic E-state index is 13.9. The highest BCUT2D eigenvalue weighted by molar-refractivity contribution is 7.18. The lowest BCUT2D eigenvalue weighted by Gasteiger charge is -2.23. The molecule has 1 aliphatic rings. The van der Waals surface area contributed by atoms with Crippen LogP contribution in [0.3, 0.4) is 0 Å². The Morgan fingerprint density at radius 3 is 2.73 bits per heavy atom. The minimum Gasteiger partial charge on any atom is -0.309 e. The first kappa shape index (κ1) is 21.9. The quantitative estimate of drug-likeness (QED) is 0.438. The van der Waals surface area contributed by atoms with Gasteiger partial charge in [-0.1, -0.05) is 6.07 Å². The molecule has 1 unspecified atom stereocenters. The summed E-state index contributed by atoms with van der Waals surface area (Å²) in [5.41, 5.74) is 2.38. The van der Waals surface area contributed by atoms with E-state index in [0.29, 0.717) is 6.54 Å². The molecule has 0 bridgehead atoms. The van der Waals surface area contributed by atoms with Gasteiger partial charge in [-0.05, 0) is 67.5 Å². The molecule has 5 nitrogen and oxygen atoms in total. The third-order valence-corrected chi connectivity index (χ3v) is 7.44. The third-order valence-electron chi connectivity index (χ3n) is 6.28. The molecular formula is C25H24F2N4OS. The molecule has 1 atom stereocenters. The molecule has 1 aliphatic carbocycles. The third kappa shape index (κ3) is 4.58. The average Bonchev–Trinajstić information content (AvgIpc) is 3.19. The fraction of sp³-hybridized carbons (Fsp3) is 0.320. The van der Waals surface area contributed by atoms with Gasteiger partial charge in [0, 0.05) is 42.0 Å². The largest absolute Gasteiger partial charge is 0.309 e. The van der Waals surface area contributed by atoms with E-state index in [-0.39, 0.29) is 23.7 Å². The van der Waals surface area contributed by atoms with Crippen LogP contribution in [-0.4, -0.2) is 20.6 Å². The second kappa shape index (κ2) is 9.49. The van der Waals surface area contributed by atoms with Gasteiger partial charge in [0.1, 0.15) is 16.5 Å². The first-order valence-electron chi connectivity index (χ1n) is 11.1. The number of fused-ring (bicyclic) bond motifs is 3. The van der Waals surface area contributed by atoms with Crippen molar-refractivity contribution in [2.75, 3.05) is 0 Å². The molecular weight excluding hydrogens is 442 g/mol. The lowest BCUT2D eigenvalue weighted by Crippen LogP contribution is -2.34. The van der Waals surface area contributed by atoms with Crippen LogP contribution in [0.15, 0.2) is 53.8 Å². The average molecular weight is 467 g/mol. The number of nitrogens with zero attached hydrogens (tertiary/aromatic N) is 3. The van der Waals surface area contributed by atoms with Crippen molar-refractivity contribution in [3.05, 3.63) is 92.6 Å². The van der Waals surface area contributed by atoms with E-state index in [1.807, 2.05) is 12.1 Å². The van der Waals surface area contributed by atoms with E-state index < -0.39 is 11.6 Å². The second-order valence-electron chi connectivity index (χ2n) is 8.41. The molecule has 0 aliphatic heterocycles. The van der Waals surface area contributed by atoms with Gasteiger partial charge in [0.25, 0.3) is 5.56 Å². The fourth-order valence-electron chi connectivity index (χ4n) is 4.49. The minimum absolute atomic E-state index is 0.0204. The molecule has 0 saturated carbocycles. The van der Waals surface area contributed by atoms with Crippen molar-refractivity contribution < 1.29 is 8.78 Å². The van der Waals surface area contributed by atoms with Crippen LogP contribution in [0.1, 0.15) is 34.4 Å². The highest BCUT2D eigenvalue weighted by atomic mass is 32.1. The van der Waals surface area contributed by atoms with Crippen molar-refractivity contribution >= 4 is 21.6 Å². The van der Waals surface area contributed by atoms with Crippen molar-refractivity contribution in [3.63, 3.8) is 0 Å². The minimum atomic E-state index is -0.533. The fourth-order valence-corrected chi connectivity index (χ4v) is 5.74. The van der Waals surface area contributed by atoms with Gasteiger partial charge in [-0.15, -0.1) is 11.3 Å². The number of rotatable bonds is 7. The Labute approximate surface area is 194 Å². The van der Waals surface area contributed by atoms with Crippen LogP contribution in [0, 0.1) is 11.6 Å². The molecule has 170 valence electrons. The molecule has 0 amide bonds. The summed E-state index contributed by atoms with van der Waals surface area (Å²) in [6.45, 7) is 0.763. The standard InChI is InChI=1S/C25H24F2N4OS/c26-20-4-1-5-21(27)19(20)14-29-17-6-7-18-22(13-17)33-24-23(18)25(32)31(15-30-24)12-2-3-16-8-10-28-11-9-16/h1,4-5,8-11,15,17,29H,2-3,6-7,12-14H2. The van der Waals surface area contributed by atoms with E-state index >= 15 is 0 Å².